The Labute approximate surface area is 135 Å². The molecule has 2 nitrogen and oxygen atoms in total. The third kappa shape index (κ3) is 2.18. The maximum Gasteiger partial charge on any atom is 0.308 e. The van der Waals surface area contributed by atoms with E-state index in [2.05, 4.69) is 32.6 Å². The monoisotopic (exact) mass is 302 g/mol. The summed E-state index contributed by atoms with van der Waals surface area (Å²) in [6.45, 7) is 8.92. The van der Waals surface area contributed by atoms with E-state index < -0.39 is 0 Å². The van der Waals surface area contributed by atoms with Crippen LogP contribution in [0.3, 0.4) is 0 Å². The van der Waals surface area contributed by atoms with Crippen molar-refractivity contribution in [2.75, 3.05) is 7.11 Å². The van der Waals surface area contributed by atoms with Crippen molar-refractivity contribution >= 4 is 5.97 Å². The Kier molecular flexibility index (Phi) is 3.99. The van der Waals surface area contributed by atoms with Crippen LogP contribution < -0.4 is 0 Å². The van der Waals surface area contributed by atoms with E-state index in [0.717, 1.165) is 25.7 Å². The molecule has 0 amide bonds. The predicted molar refractivity (Wildman–Crippen MR) is 89.3 cm³/mol. The molecule has 0 radical (unpaired) electrons. The maximum atomic E-state index is 12.2. The molecular formula is C20H30O2. The third-order valence-electron chi connectivity index (χ3n) is 7.13. The van der Waals surface area contributed by atoms with E-state index in [0.29, 0.717) is 11.8 Å². The minimum atomic E-state index is 0.0114. The van der Waals surface area contributed by atoms with Gasteiger partial charge >= 0.3 is 5.97 Å². The first kappa shape index (κ1) is 15.8. The molecule has 0 bridgehead atoms. The Bertz CT molecular complexity index is 506. The molecule has 5 unspecified atom stereocenters. The molecule has 2 heteroatoms. The number of ether oxygens (including phenoxy) is 1. The largest absolute Gasteiger partial charge is 0.469 e. The first-order valence-electron chi connectivity index (χ1n) is 8.88. The lowest BCUT2D eigenvalue weighted by atomic mass is 9.47. The van der Waals surface area contributed by atoms with Gasteiger partial charge in [-0.15, -0.1) is 6.58 Å². The fourth-order valence-electron chi connectivity index (χ4n) is 5.75. The van der Waals surface area contributed by atoms with E-state index in [9.17, 15) is 4.79 Å². The number of hydrogen-bond acceptors (Lipinski definition) is 2. The average Bonchev–Trinajstić information content (AvgIpc) is 2.53. The van der Waals surface area contributed by atoms with E-state index in [1.54, 1.807) is 5.57 Å². The molecule has 3 rings (SSSR count). The van der Waals surface area contributed by atoms with Gasteiger partial charge in [0.1, 0.15) is 0 Å². The van der Waals surface area contributed by atoms with Crippen LogP contribution in [0.5, 0.6) is 0 Å². The van der Waals surface area contributed by atoms with Crippen molar-refractivity contribution in [3.63, 3.8) is 0 Å². The lowest BCUT2D eigenvalue weighted by Gasteiger charge is -2.57. The molecule has 2 saturated carbocycles. The number of carbonyl (C=O) groups is 1. The molecule has 3 aliphatic carbocycles. The van der Waals surface area contributed by atoms with Crippen LogP contribution in [0.2, 0.25) is 0 Å². The number of fused-ring (bicyclic) bond motifs is 3. The predicted octanol–water partition coefficient (Wildman–Crippen LogP) is 4.90. The summed E-state index contributed by atoms with van der Waals surface area (Å²) in [7, 11) is 1.54. The van der Waals surface area contributed by atoms with Crippen LogP contribution in [0.4, 0.5) is 0 Å². The summed E-state index contributed by atoms with van der Waals surface area (Å²) in [4.78, 5) is 12.2. The smallest absolute Gasteiger partial charge is 0.308 e. The van der Waals surface area contributed by atoms with Crippen molar-refractivity contribution in [3.05, 3.63) is 24.3 Å². The summed E-state index contributed by atoms with van der Waals surface area (Å²) in [5, 5.41) is 0. The molecule has 0 aromatic heterocycles. The molecule has 22 heavy (non-hydrogen) atoms. The molecule has 0 aromatic rings. The van der Waals surface area contributed by atoms with Crippen molar-refractivity contribution < 1.29 is 9.53 Å². The molecule has 5 atom stereocenters. The highest BCUT2D eigenvalue weighted by Crippen LogP contribution is 2.62. The van der Waals surface area contributed by atoms with Crippen LogP contribution in [0.1, 0.15) is 58.8 Å². The molecular weight excluding hydrogens is 272 g/mol. The van der Waals surface area contributed by atoms with Gasteiger partial charge in [0.25, 0.3) is 0 Å². The molecule has 0 spiro atoms. The summed E-state index contributed by atoms with van der Waals surface area (Å²) >= 11 is 0. The second kappa shape index (κ2) is 5.54. The third-order valence-corrected chi connectivity index (χ3v) is 7.13. The number of allylic oxidation sites excluding steroid dienone is 3. The van der Waals surface area contributed by atoms with E-state index in [1.807, 2.05) is 0 Å². The Balaban J connectivity index is 1.97. The molecule has 0 N–H and O–H groups in total. The first-order chi connectivity index (χ1) is 10.5. The van der Waals surface area contributed by atoms with Crippen LogP contribution in [-0.2, 0) is 9.53 Å². The van der Waals surface area contributed by atoms with Gasteiger partial charge in [0.15, 0.2) is 0 Å². The molecule has 122 valence electrons. The van der Waals surface area contributed by atoms with E-state index in [4.69, 9.17) is 4.74 Å². The summed E-state index contributed by atoms with van der Waals surface area (Å²) < 4.78 is 5.11. The lowest BCUT2D eigenvalue weighted by molar-refractivity contribution is -0.152. The van der Waals surface area contributed by atoms with Gasteiger partial charge in [-0.05, 0) is 61.2 Å². The van der Waals surface area contributed by atoms with Crippen LogP contribution in [0, 0.1) is 28.6 Å². The number of hydrogen-bond donors (Lipinski definition) is 0. The van der Waals surface area contributed by atoms with Crippen molar-refractivity contribution in [3.8, 4) is 0 Å². The van der Waals surface area contributed by atoms with Crippen molar-refractivity contribution in [2.45, 2.75) is 58.8 Å². The fraction of sp³-hybridized carbons (Fsp3) is 0.750. The van der Waals surface area contributed by atoms with E-state index in [1.165, 1.54) is 26.4 Å². The zero-order valence-corrected chi connectivity index (χ0v) is 14.4. The number of carbonyl (C=O) groups excluding carboxylic acids is 1. The fourth-order valence-corrected chi connectivity index (χ4v) is 5.75. The SMILES string of the molecule is C=CC1(C)CCC=C2C1CCC1C(C(=O)OC)CCCC21C. The molecule has 2 fully saturated rings. The summed E-state index contributed by atoms with van der Waals surface area (Å²) in [6.07, 6.45) is 12.8. The second-order valence-corrected chi connectivity index (χ2v) is 8.08. The molecule has 3 aliphatic rings. The quantitative estimate of drug-likeness (QED) is 0.535. The Morgan fingerprint density at radius 2 is 2.09 bits per heavy atom. The normalized spacial score (nSPS) is 44.3. The van der Waals surface area contributed by atoms with Gasteiger partial charge in [0, 0.05) is 0 Å². The second-order valence-electron chi connectivity index (χ2n) is 8.08. The molecule has 0 aliphatic heterocycles. The number of rotatable bonds is 2. The van der Waals surface area contributed by atoms with Gasteiger partial charge in [-0.2, -0.15) is 0 Å². The molecule has 0 aromatic carbocycles. The topological polar surface area (TPSA) is 26.3 Å². The van der Waals surface area contributed by atoms with E-state index >= 15 is 0 Å². The lowest BCUT2D eigenvalue weighted by Crippen LogP contribution is -2.49. The Morgan fingerprint density at radius 3 is 2.77 bits per heavy atom. The number of methoxy groups -OCH3 is 1. The number of esters is 1. The molecule has 0 saturated heterocycles. The summed E-state index contributed by atoms with van der Waals surface area (Å²) in [5.41, 5.74) is 2.05. The summed E-state index contributed by atoms with van der Waals surface area (Å²) in [6, 6.07) is 0. The van der Waals surface area contributed by atoms with Crippen LogP contribution >= 0.6 is 0 Å². The van der Waals surface area contributed by atoms with Crippen LogP contribution in [-0.4, -0.2) is 13.1 Å². The van der Waals surface area contributed by atoms with E-state index in [-0.39, 0.29) is 22.7 Å². The minimum Gasteiger partial charge on any atom is -0.469 e. The summed E-state index contributed by atoms with van der Waals surface area (Å²) in [5.74, 6) is 1.19. The zero-order chi connectivity index (χ0) is 16.0. The van der Waals surface area contributed by atoms with Gasteiger partial charge in [-0.25, -0.2) is 0 Å². The minimum absolute atomic E-state index is 0.0114. The average molecular weight is 302 g/mol. The Morgan fingerprint density at radius 1 is 1.32 bits per heavy atom. The van der Waals surface area contributed by atoms with Crippen molar-refractivity contribution in [2.24, 2.45) is 28.6 Å². The standard InChI is InChI=1S/C20H30O2/c1-5-19(2)12-7-9-17-16(19)11-10-15-14(18(21)22-4)8-6-13-20(15,17)3/h5,9,14-16H,1,6-8,10-13H2,2-4H3. The van der Waals surface area contributed by atoms with Gasteiger partial charge in [-0.1, -0.05) is 38.0 Å². The van der Waals surface area contributed by atoms with Gasteiger partial charge in [-0.3, -0.25) is 4.79 Å². The van der Waals surface area contributed by atoms with Gasteiger partial charge in [0.2, 0.25) is 0 Å². The highest BCUT2D eigenvalue weighted by atomic mass is 16.5. The van der Waals surface area contributed by atoms with Gasteiger partial charge < -0.3 is 4.74 Å². The Hall–Kier alpha value is -1.05. The van der Waals surface area contributed by atoms with Crippen LogP contribution in [0.15, 0.2) is 24.3 Å². The first-order valence-corrected chi connectivity index (χ1v) is 8.88. The van der Waals surface area contributed by atoms with Gasteiger partial charge in [0.05, 0.1) is 13.0 Å². The van der Waals surface area contributed by atoms with Crippen molar-refractivity contribution in [1.82, 2.24) is 0 Å². The van der Waals surface area contributed by atoms with Crippen LogP contribution in [0.25, 0.3) is 0 Å². The zero-order valence-electron chi connectivity index (χ0n) is 14.4. The van der Waals surface area contributed by atoms with Crippen molar-refractivity contribution in [1.29, 1.82) is 0 Å². The highest BCUT2D eigenvalue weighted by molar-refractivity contribution is 5.73. The molecule has 0 heterocycles. The maximum absolute atomic E-state index is 12.2. The highest BCUT2D eigenvalue weighted by Gasteiger charge is 2.54.